The van der Waals surface area contributed by atoms with Gasteiger partial charge in [-0.2, -0.15) is 0 Å². The quantitative estimate of drug-likeness (QED) is 0.739. The van der Waals surface area contributed by atoms with Gasteiger partial charge in [0.15, 0.2) is 0 Å². The first-order valence-electron chi connectivity index (χ1n) is 4.64. The van der Waals surface area contributed by atoms with Gasteiger partial charge in [0.1, 0.15) is 0 Å². The summed E-state index contributed by atoms with van der Waals surface area (Å²) in [5.74, 6) is 0.635. The van der Waals surface area contributed by atoms with Crippen molar-refractivity contribution in [1.82, 2.24) is 5.32 Å². The summed E-state index contributed by atoms with van der Waals surface area (Å²) >= 11 is 3.47. The molecule has 3 heteroatoms. The molecule has 68 valence electrons. The third-order valence-electron chi connectivity index (χ3n) is 2.90. The van der Waals surface area contributed by atoms with E-state index in [1.54, 1.807) is 0 Å². The zero-order chi connectivity index (χ0) is 8.60. The van der Waals surface area contributed by atoms with Crippen molar-refractivity contribution >= 4 is 21.8 Å². The van der Waals surface area contributed by atoms with Crippen LogP contribution in [0.1, 0.15) is 32.1 Å². The van der Waals surface area contributed by atoms with Crippen LogP contribution in [0.15, 0.2) is 0 Å². The molecule has 0 unspecified atom stereocenters. The summed E-state index contributed by atoms with van der Waals surface area (Å²) in [7, 11) is 0. The smallest absolute Gasteiger partial charge is 0.223 e. The Hall–Kier alpha value is -0.0500. The van der Waals surface area contributed by atoms with E-state index in [1.807, 2.05) is 0 Å². The second-order valence-electron chi connectivity index (χ2n) is 4.03. The molecule has 2 aliphatic rings. The monoisotopic (exact) mass is 231 g/mol. The Morgan fingerprint density at radius 1 is 1.50 bits per heavy atom. The molecule has 0 atom stereocenters. The highest BCUT2D eigenvalue weighted by Crippen LogP contribution is 2.36. The van der Waals surface area contributed by atoms with Crippen LogP contribution in [-0.2, 0) is 4.79 Å². The molecule has 0 saturated heterocycles. The van der Waals surface area contributed by atoms with E-state index in [0.29, 0.717) is 5.92 Å². The van der Waals surface area contributed by atoms with Gasteiger partial charge in [-0.25, -0.2) is 0 Å². The average Bonchev–Trinajstić information content (AvgIpc) is 2.78. The molecule has 2 aliphatic carbocycles. The normalized spacial score (nSPS) is 26.1. The molecule has 0 radical (unpaired) electrons. The maximum atomic E-state index is 11.4. The largest absolute Gasteiger partial charge is 0.350 e. The Labute approximate surface area is 81.2 Å². The molecule has 2 fully saturated rings. The highest BCUT2D eigenvalue weighted by Gasteiger charge is 2.40. The topological polar surface area (TPSA) is 29.1 Å². The van der Waals surface area contributed by atoms with Gasteiger partial charge in [-0.15, -0.1) is 0 Å². The van der Waals surface area contributed by atoms with Crippen LogP contribution >= 0.6 is 15.9 Å². The summed E-state index contributed by atoms with van der Waals surface area (Å²) in [5.41, 5.74) is 0.125. The SMILES string of the molecule is O=C(NC1(CBr)CCC1)C1CC1. The van der Waals surface area contributed by atoms with Gasteiger partial charge >= 0.3 is 0 Å². The van der Waals surface area contributed by atoms with Crippen molar-refractivity contribution in [2.45, 2.75) is 37.6 Å². The molecule has 0 bridgehead atoms. The molecule has 0 aromatic rings. The Morgan fingerprint density at radius 2 is 2.17 bits per heavy atom. The van der Waals surface area contributed by atoms with Gasteiger partial charge < -0.3 is 5.32 Å². The van der Waals surface area contributed by atoms with Crippen LogP contribution in [0.3, 0.4) is 0 Å². The summed E-state index contributed by atoms with van der Waals surface area (Å²) in [5, 5.41) is 4.07. The first kappa shape index (κ1) is 8.54. The zero-order valence-corrected chi connectivity index (χ0v) is 8.69. The van der Waals surface area contributed by atoms with E-state index in [0.717, 1.165) is 31.0 Å². The Balaban J connectivity index is 1.86. The molecule has 0 heterocycles. The number of nitrogens with one attached hydrogen (secondary N) is 1. The van der Waals surface area contributed by atoms with E-state index in [9.17, 15) is 4.79 Å². The highest BCUT2D eigenvalue weighted by molar-refractivity contribution is 9.09. The number of halogens is 1. The molecule has 0 aliphatic heterocycles. The van der Waals surface area contributed by atoms with Gasteiger partial charge in [-0.1, -0.05) is 15.9 Å². The Morgan fingerprint density at radius 3 is 2.50 bits per heavy atom. The lowest BCUT2D eigenvalue weighted by Gasteiger charge is -2.41. The molecule has 0 aromatic carbocycles. The van der Waals surface area contributed by atoms with Crippen LogP contribution in [0.25, 0.3) is 0 Å². The van der Waals surface area contributed by atoms with E-state index in [1.165, 1.54) is 6.42 Å². The van der Waals surface area contributed by atoms with E-state index in [2.05, 4.69) is 21.2 Å². The van der Waals surface area contributed by atoms with Crippen LogP contribution in [0, 0.1) is 5.92 Å². The standard InChI is InChI=1S/C9H14BrNO/c10-6-9(4-1-5-9)11-8(12)7-2-3-7/h7H,1-6H2,(H,11,12). The molecular formula is C9H14BrNO. The fraction of sp³-hybridized carbons (Fsp3) is 0.889. The first-order valence-corrected chi connectivity index (χ1v) is 5.76. The minimum Gasteiger partial charge on any atom is -0.350 e. The van der Waals surface area contributed by atoms with Crippen LogP contribution < -0.4 is 5.32 Å². The third-order valence-corrected chi connectivity index (χ3v) is 3.98. The molecule has 0 aromatic heterocycles. The number of hydrogen-bond donors (Lipinski definition) is 1. The van der Waals surface area contributed by atoms with Gasteiger partial charge in [0, 0.05) is 16.8 Å². The number of amides is 1. The van der Waals surface area contributed by atoms with Crippen LogP contribution in [0.2, 0.25) is 0 Å². The first-order chi connectivity index (χ1) is 5.76. The molecule has 2 saturated carbocycles. The van der Waals surface area contributed by atoms with Crippen molar-refractivity contribution < 1.29 is 4.79 Å². The van der Waals surface area contributed by atoms with Crippen molar-refractivity contribution in [2.75, 3.05) is 5.33 Å². The predicted molar refractivity (Wildman–Crippen MR) is 51.2 cm³/mol. The van der Waals surface area contributed by atoms with Crippen LogP contribution in [0.5, 0.6) is 0 Å². The lowest BCUT2D eigenvalue weighted by atomic mass is 9.78. The second kappa shape index (κ2) is 3.02. The summed E-state index contributed by atoms with van der Waals surface area (Å²) in [6.45, 7) is 0. The van der Waals surface area contributed by atoms with Crippen molar-refractivity contribution in [3.8, 4) is 0 Å². The van der Waals surface area contributed by atoms with Crippen molar-refractivity contribution in [1.29, 1.82) is 0 Å². The molecule has 2 nitrogen and oxygen atoms in total. The molecule has 2 rings (SSSR count). The number of alkyl halides is 1. The summed E-state index contributed by atoms with van der Waals surface area (Å²) < 4.78 is 0. The molecular weight excluding hydrogens is 218 g/mol. The zero-order valence-electron chi connectivity index (χ0n) is 7.11. The molecule has 0 spiro atoms. The summed E-state index contributed by atoms with van der Waals surface area (Å²) in [6.07, 6.45) is 5.76. The summed E-state index contributed by atoms with van der Waals surface area (Å²) in [6, 6.07) is 0. The van der Waals surface area contributed by atoms with Crippen molar-refractivity contribution in [3.05, 3.63) is 0 Å². The Kier molecular flexibility index (Phi) is 2.15. The van der Waals surface area contributed by atoms with Gasteiger partial charge in [-0.3, -0.25) is 4.79 Å². The lowest BCUT2D eigenvalue weighted by Crippen LogP contribution is -2.55. The van der Waals surface area contributed by atoms with Crippen molar-refractivity contribution in [3.63, 3.8) is 0 Å². The van der Waals surface area contributed by atoms with Gasteiger partial charge in [0.2, 0.25) is 5.91 Å². The fourth-order valence-electron chi connectivity index (χ4n) is 1.60. The van der Waals surface area contributed by atoms with Crippen molar-refractivity contribution in [2.24, 2.45) is 5.92 Å². The molecule has 1 N–H and O–H groups in total. The van der Waals surface area contributed by atoms with E-state index in [-0.39, 0.29) is 11.4 Å². The highest BCUT2D eigenvalue weighted by atomic mass is 79.9. The number of carbonyl (C=O) groups is 1. The number of rotatable bonds is 3. The number of carbonyl (C=O) groups excluding carboxylic acids is 1. The summed E-state index contributed by atoms with van der Waals surface area (Å²) in [4.78, 5) is 11.4. The minimum absolute atomic E-state index is 0.125. The third kappa shape index (κ3) is 1.51. The maximum Gasteiger partial charge on any atom is 0.223 e. The Bertz CT molecular complexity index is 191. The van der Waals surface area contributed by atoms with Gasteiger partial charge in [-0.05, 0) is 32.1 Å². The predicted octanol–water partition coefficient (Wildman–Crippen LogP) is 1.83. The number of hydrogen-bond acceptors (Lipinski definition) is 1. The van der Waals surface area contributed by atoms with E-state index in [4.69, 9.17) is 0 Å². The van der Waals surface area contributed by atoms with E-state index < -0.39 is 0 Å². The van der Waals surface area contributed by atoms with E-state index >= 15 is 0 Å². The minimum atomic E-state index is 0.125. The molecule has 12 heavy (non-hydrogen) atoms. The van der Waals surface area contributed by atoms with Crippen LogP contribution in [-0.4, -0.2) is 16.8 Å². The molecule has 1 amide bonds. The maximum absolute atomic E-state index is 11.4. The van der Waals surface area contributed by atoms with Gasteiger partial charge in [0.25, 0.3) is 0 Å². The average molecular weight is 232 g/mol. The second-order valence-corrected chi connectivity index (χ2v) is 4.59. The lowest BCUT2D eigenvalue weighted by molar-refractivity contribution is -0.124. The fourth-order valence-corrected chi connectivity index (χ4v) is 2.31. The van der Waals surface area contributed by atoms with Gasteiger partial charge in [0.05, 0.1) is 0 Å². The van der Waals surface area contributed by atoms with Crippen LogP contribution in [0.4, 0.5) is 0 Å².